The number of allylic oxidation sites excluding steroid dienone is 1. The Morgan fingerprint density at radius 3 is 2.39 bits per heavy atom. The summed E-state index contributed by atoms with van der Waals surface area (Å²) < 4.78 is 32.9. The molecule has 2 N–H and O–H groups in total. The fourth-order valence-corrected chi connectivity index (χ4v) is 4.57. The lowest BCUT2D eigenvalue weighted by Gasteiger charge is -2.35. The molecule has 31 heavy (non-hydrogen) atoms. The zero-order chi connectivity index (χ0) is 22.8. The summed E-state index contributed by atoms with van der Waals surface area (Å²) in [4.78, 5) is 14.4. The van der Waals surface area contributed by atoms with Crippen LogP contribution in [0.15, 0.2) is 64.7 Å². The number of hydrogen-bond acceptors (Lipinski definition) is 5. The average Bonchev–Trinajstić information content (AvgIpc) is 2.72. The van der Waals surface area contributed by atoms with Crippen molar-refractivity contribution in [1.82, 2.24) is 10.2 Å². The number of sulfonamides is 1. The first-order valence-corrected chi connectivity index (χ1v) is 11.7. The van der Waals surface area contributed by atoms with Gasteiger partial charge in [0.05, 0.1) is 23.1 Å². The van der Waals surface area contributed by atoms with Crippen molar-refractivity contribution in [2.24, 2.45) is 0 Å². The van der Waals surface area contributed by atoms with Crippen LogP contribution in [0.1, 0.15) is 25.5 Å². The Kier molecular flexibility index (Phi) is 6.88. The maximum Gasteiger partial charge on any atom is 0.338 e. The Hall–Kier alpha value is -2.62. The summed E-state index contributed by atoms with van der Waals surface area (Å²) in [5.74, 6) is -0.431. The molecular formula is C21H22ClN3O4S2. The van der Waals surface area contributed by atoms with Gasteiger partial charge in [0.1, 0.15) is 0 Å². The molecular weight excluding hydrogens is 458 g/mol. The Bertz CT molecular complexity index is 1130. The first-order valence-electron chi connectivity index (χ1n) is 9.44. The number of anilines is 1. The van der Waals surface area contributed by atoms with E-state index in [0.29, 0.717) is 27.1 Å². The molecule has 0 radical (unpaired) electrons. The molecule has 1 atom stereocenters. The number of carbonyl (C=O) groups is 1. The molecule has 0 saturated heterocycles. The lowest BCUT2D eigenvalue weighted by Crippen LogP contribution is -2.46. The molecule has 1 aliphatic rings. The van der Waals surface area contributed by atoms with Crippen molar-refractivity contribution in [3.63, 3.8) is 0 Å². The van der Waals surface area contributed by atoms with E-state index < -0.39 is 22.0 Å². The van der Waals surface area contributed by atoms with Gasteiger partial charge in [0, 0.05) is 23.5 Å². The van der Waals surface area contributed by atoms with E-state index in [0.717, 1.165) is 5.56 Å². The molecule has 0 saturated carbocycles. The highest BCUT2D eigenvalue weighted by Crippen LogP contribution is 2.31. The second-order valence-corrected chi connectivity index (χ2v) is 9.35. The summed E-state index contributed by atoms with van der Waals surface area (Å²) >= 11 is 11.2. The van der Waals surface area contributed by atoms with E-state index in [1.54, 1.807) is 50.1 Å². The molecule has 2 aromatic carbocycles. The molecule has 0 spiro atoms. The number of halogens is 1. The van der Waals surface area contributed by atoms with Gasteiger partial charge in [-0.1, -0.05) is 23.7 Å². The predicted molar refractivity (Wildman–Crippen MR) is 124 cm³/mol. The van der Waals surface area contributed by atoms with Gasteiger partial charge in [-0.15, -0.1) is 0 Å². The molecule has 164 valence electrons. The second-order valence-electron chi connectivity index (χ2n) is 6.84. The monoisotopic (exact) mass is 479 g/mol. The molecule has 7 nitrogen and oxygen atoms in total. The van der Waals surface area contributed by atoms with Crippen LogP contribution in [0, 0.1) is 0 Å². The van der Waals surface area contributed by atoms with E-state index in [9.17, 15) is 13.2 Å². The van der Waals surface area contributed by atoms with Crippen molar-refractivity contribution < 1.29 is 17.9 Å². The highest BCUT2D eigenvalue weighted by Gasteiger charge is 2.33. The summed E-state index contributed by atoms with van der Waals surface area (Å²) in [6.45, 7) is 3.80. The highest BCUT2D eigenvalue weighted by atomic mass is 35.5. The molecule has 1 heterocycles. The molecule has 0 aromatic heterocycles. The van der Waals surface area contributed by atoms with Crippen LogP contribution < -0.4 is 10.0 Å². The third kappa shape index (κ3) is 5.00. The summed E-state index contributed by atoms with van der Waals surface area (Å²) in [7, 11) is -1.99. The SMILES string of the molecule is CCOC(=O)C1=C(C)N(C)C(=S)NC1c1ccc(NS(=O)(=O)c2ccc(Cl)cc2)cc1. The van der Waals surface area contributed by atoms with Crippen molar-refractivity contribution in [1.29, 1.82) is 0 Å². The van der Waals surface area contributed by atoms with Gasteiger partial charge in [-0.25, -0.2) is 13.2 Å². The Morgan fingerprint density at radius 2 is 1.81 bits per heavy atom. The fourth-order valence-electron chi connectivity index (χ4n) is 3.13. The van der Waals surface area contributed by atoms with Crippen LogP contribution in [-0.4, -0.2) is 38.1 Å². The molecule has 0 bridgehead atoms. The smallest absolute Gasteiger partial charge is 0.338 e. The Balaban J connectivity index is 1.88. The third-order valence-electron chi connectivity index (χ3n) is 4.87. The predicted octanol–water partition coefficient (Wildman–Crippen LogP) is 3.84. The number of thiocarbonyl (C=S) groups is 1. The van der Waals surface area contributed by atoms with Crippen LogP contribution in [0.3, 0.4) is 0 Å². The Morgan fingerprint density at radius 1 is 1.19 bits per heavy atom. The van der Waals surface area contributed by atoms with Crippen molar-refractivity contribution in [3.8, 4) is 0 Å². The van der Waals surface area contributed by atoms with Gasteiger partial charge in [0.25, 0.3) is 10.0 Å². The minimum Gasteiger partial charge on any atom is -0.463 e. The number of rotatable bonds is 6. The van der Waals surface area contributed by atoms with E-state index >= 15 is 0 Å². The number of esters is 1. The molecule has 0 aliphatic carbocycles. The molecule has 10 heteroatoms. The minimum atomic E-state index is -3.76. The molecule has 0 fully saturated rings. The largest absolute Gasteiger partial charge is 0.463 e. The number of ether oxygens (including phenoxy) is 1. The fraction of sp³-hybridized carbons (Fsp3) is 0.238. The number of benzene rings is 2. The van der Waals surface area contributed by atoms with Crippen molar-refractivity contribution in [3.05, 3.63) is 70.4 Å². The first kappa shape index (κ1) is 23.1. The van der Waals surface area contributed by atoms with E-state index in [1.165, 1.54) is 24.3 Å². The zero-order valence-corrected chi connectivity index (χ0v) is 19.6. The maximum absolute atomic E-state index is 12.6. The van der Waals surface area contributed by atoms with Gasteiger partial charge < -0.3 is 15.0 Å². The summed E-state index contributed by atoms with van der Waals surface area (Å²) in [6.07, 6.45) is 0. The molecule has 0 amide bonds. The van der Waals surface area contributed by atoms with E-state index in [1.807, 2.05) is 0 Å². The van der Waals surface area contributed by atoms with E-state index in [-0.39, 0.29) is 11.5 Å². The van der Waals surface area contributed by atoms with Gasteiger partial charge in [0.15, 0.2) is 5.11 Å². The first-order chi connectivity index (χ1) is 14.6. The van der Waals surface area contributed by atoms with Crippen LogP contribution in [0.4, 0.5) is 5.69 Å². The van der Waals surface area contributed by atoms with Crippen LogP contribution in [0.25, 0.3) is 0 Å². The second kappa shape index (κ2) is 9.25. The number of hydrogen-bond donors (Lipinski definition) is 2. The molecule has 1 aliphatic heterocycles. The van der Waals surface area contributed by atoms with E-state index in [4.69, 9.17) is 28.6 Å². The standard InChI is InChI=1S/C21H22ClN3O4S2/c1-4-29-20(26)18-13(2)25(3)21(30)23-19(18)14-5-9-16(10-6-14)24-31(27,28)17-11-7-15(22)8-12-17/h5-12,19,24H,4H2,1-3H3,(H,23,30). The average molecular weight is 480 g/mol. The number of carbonyl (C=O) groups excluding carboxylic acids is 1. The minimum absolute atomic E-state index is 0.103. The van der Waals surface area contributed by atoms with Gasteiger partial charge in [-0.2, -0.15) is 0 Å². The van der Waals surface area contributed by atoms with E-state index in [2.05, 4.69) is 10.0 Å². The molecule has 2 aromatic rings. The normalized spacial score (nSPS) is 16.7. The maximum atomic E-state index is 12.6. The summed E-state index contributed by atoms with van der Waals surface area (Å²) in [6, 6.07) is 12.1. The topological polar surface area (TPSA) is 87.7 Å². The van der Waals surface area contributed by atoms with Crippen LogP contribution in [-0.2, 0) is 19.6 Å². The van der Waals surface area contributed by atoms with Crippen molar-refractivity contribution in [2.45, 2.75) is 24.8 Å². The Labute approximate surface area is 192 Å². The van der Waals surface area contributed by atoms with Crippen molar-refractivity contribution >= 4 is 50.6 Å². The zero-order valence-electron chi connectivity index (χ0n) is 17.2. The van der Waals surface area contributed by atoms with Gasteiger partial charge >= 0.3 is 5.97 Å². The summed E-state index contributed by atoms with van der Waals surface area (Å²) in [5, 5.41) is 4.08. The number of nitrogens with zero attached hydrogens (tertiary/aromatic N) is 1. The van der Waals surface area contributed by atoms with Crippen LogP contribution in [0.2, 0.25) is 5.02 Å². The highest BCUT2D eigenvalue weighted by molar-refractivity contribution is 7.92. The molecule has 1 unspecified atom stereocenters. The quantitative estimate of drug-likeness (QED) is 0.480. The molecule has 3 rings (SSSR count). The third-order valence-corrected chi connectivity index (χ3v) is 6.91. The van der Waals surface area contributed by atoms with Crippen LogP contribution >= 0.6 is 23.8 Å². The number of nitrogens with one attached hydrogen (secondary N) is 2. The summed E-state index contributed by atoms with van der Waals surface area (Å²) in [5.41, 5.74) is 2.27. The van der Waals surface area contributed by atoms with Gasteiger partial charge in [-0.05, 0) is 68.0 Å². The van der Waals surface area contributed by atoms with Gasteiger partial charge in [0.2, 0.25) is 0 Å². The van der Waals surface area contributed by atoms with Crippen LogP contribution in [0.5, 0.6) is 0 Å². The lowest BCUT2D eigenvalue weighted by atomic mass is 9.95. The lowest BCUT2D eigenvalue weighted by molar-refractivity contribution is -0.139. The van der Waals surface area contributed by atoms with Crippen molar-refractivity contribution in [2.75, 3.05) is 18.4 Å². The van der Waals surface area contributed by atoms with Gasteiger partial charge in [-0.3, -0.25) is 4.72 Å².